The molecule has 3 heteroatoms. The summed E-state index contributed by atoms with van der Waals surface area (Å²) in [7, 11) is 0. The quantitative estimate of drug-likeness (QED) is 0.737. The van der Waals surface area contributed by atoms with Crippen LogP contribution < -0.4 is 0 Å². The lowest BCUT2D eigenvalue weighted by atomic mass is 9.89. The summed E-state index contributed by atoms with van der Waals surface area (Å²) in [5.41, 5.74) is 2.78. The van der Waals surface area contributed by atoms with Gasteiger partial charge in [0, 0.05) is 24.0 Å². The van der Waals surface area contributed by atoms with E-state index in [-0.39, 0.29) is 11.6 Å². The molecule has 0 aliphatic carbocycles. The molecule has 0 aliphatic rings. The molecule has 0 unspecified atom stereocenters. The minimum Gasteiger partial charge on any atom is -0.294 e. The highest BCUT2D eigenvalue weighted by molar-refractivity contribution is 5.96. The lowest BCUT2D eigenvalue weighted by molar-refractivity contribution is 0.0980. The predicted octanol–water partition coefficient (Wildman–Crippen LogP) is 4.53. The van der Waals surface area contributed by atoms with Crippen LogP contribution in [-0.4, -0.2) is 11.6 Å². The van der Waals surface area contributed by atoms with Gasteiger partial charge in [-0.15, -0.1) is 0 Å². The molecule has 0 spiro atoms. The van der Waals surface area contributed by atoms with Crippen LogP contribution in [0.1, 0.15) is 64.4 Å². The van der Waals surface area contributed by atoms with Gasteiger partial charge in [-0.25, -0.2) is 0 Å². The highest BCUT2D eigenvalue weighted by Crippen LogP contribution is 2.26. The van der Waals surface area contributed by atoms with Gasteiger partial charge in [-0.05, 0) is 23.3 Å². The molecular formula is C20H19NO2. The zero-order valence-electron chi connectivity index (χ0n) is 13.4. The van der Waals surface area contributed by atoms with Gasteiger partial charge in [0.05, 0.1) is 12.0 Å². The molecular weight excluding hydrogens is 286 g/mol. The molecule has 0 N–H and O–H groups in total. The van der Waals surface area contributed by atoms with Crippen molar-refractivity contribution in [1.29, 1.82) is 5.26 Å². The third-order valence-electron chi connectivity index (χ3n) is 3.86. The summed E-state index contributed by atoms with van der Waals surface area (Å²) in [4.78, 5) is 23.7. The normalized spacial score (nSPS) is 10.3. The van der Waals surface area contributed by atoms with Gasteiger partial charge in [0.25, 0.3) is 0 Å². The van der Waals surface area contributed by atoms with E-state index in [1.807, 2.05) is 26.0 Å². The van der Waals surface area contributed by atoms with Gasteiger partial charge in [-0.2, -0.15) is 5.26 Å². The maximum absolute atomic E-state index is 11.9. The van der Waals surface area contributed by atoms with Crippen LogP contribution >= 0.6 is 0 Å². The van der Waals surface area contributed by atoms with E-state index in [9.17, 15) is 14.9 Å². The SMILES string of the molecule is CCC(=O)c1cccc(C(C#N)c2cccc(C(=O)CC)c2)c1. The second-order valence-electron chi connectivity index (χ2n) is 5.37. The number of Topliss-reactive ketones (excluding diaryl/α,β-unsaturated/α-hetero) is 2. The molecule has 2 rings (SSSR count). The average molecular weight is 305 g/mol. The number of hydrogen-bond acceptors (Lipinski definition) is 3. The van der Waals surface area contributed by atoms with Crippen LogP contribution in [0.4, 0.5) is 0 Å². The molecule has 0 saturated carbocycles. The van der Waals surface area contributed by atoms with Gasteiger partial charge >= 0.3 is 0 Å². The van der Waals surface area contributed by atoms with Crippen molar-refractivity contribution in [2.75, 3.05) is 0 Å². The standard InChI is InChI=1S/C20H19NO2/c1-3-19(22)16-9-5-7-14(11-16)18(13-21)15-8-6-10-17(12-15)20(23)4-2/h5-12,18H,3-4H2,1-2H3. The molecule has 0 aromatic heterocycles. The van der Waals surface area contributed by atoms with Crippen LogP contribution in [-0.2, 0) is 0 Å². The Kier molecular flexibility index (Phi) is 5.43. The van der Waals surface area contributed by atoms with Gasteiger partial charge < -0.3 is 0 Å². The molecule has 2 aromatic rings. The largest absolute Gasteiger partial charge is 0.294 e. The van der Waals surface area contributed by atoms with Crippen molar-refractivity contribution in [3.05, 3.63) is 70.8 Å². The summed E-state index contributed by atoms with van der Waals surface area (Å²) in [5, 5.41) is 9.59. The summed E-state index contributed by atoms with van der Waals surface area (Å²) in [6.45, 7) is 3.63. The lowest BCUT2D eigenvalue weighted by Crippen LogP contribution is -2.04. The molecule has 0 fully saturated rings. The van der Waals surface area contributed by atoms with Gasteiger partial charge in [0.15, 0.2) is 11.6 Å². The lowest BCUT2D eigenvalue weighted by Gasteiger charge is -2.12. The molecule has 2 aromatic carbocycles. The van der Waals surface area contributed by atoms with Gasteiger partial charge in [0.1, 0.15) is 0 Å². The number of carbonyl (C=O) groups excluding carboxylic acids is 2. The van der Waals surface area contributed by atoms with Crippen LogP contribution in [0.15, 0.2) is 48.5 Å². The molecule has 0 radical (unpaired) electrons. The number of hydrogen-bond donors (Lipinski definition) is 0. The molecule has 0 aliphatic heterocycles. The second-order valence-corrected chi connectivity index (χ2v) is 5.37. The number of rotatable bonds is 6. The maximum Gasteiger partial charge on any atom is 0.162 e. The van der Waals surface area contributed by atoms with Crippen molar-refractivity contribution in [3.63, 3.8) is 0 Å². The summed E-state index contributed by atoms with van der Waals surface area (Å²) in [6.07, 6.45) is 0.863. The van der Waals surface area contributed by atoms with Crippen LogP contribution in [0.3, 0.4) is 0 Å². The fourth-order valence-corrected chi connectivity index (χ4v) is 2.53. The van der Waals surface area contributed by atoms with E-state index in [1.54, 1.807) is 36.4 Å². The topological polar surface area (TPSA) is 57.9 Å². The number of nitriles is 1. The second kappa shape index (κ2) is 7.51. The van der Waals surface area contributed by atoms with E-state index < -0.39 is 5.92 Å². The number of benzene rings is 2. The molecule has 0 atom stereocenters. The van der Waals surface area contributed by atoms with Crippen molar-refractivity contribution in [2.45, 2.75) is 32.6 Å². The Morgan fingerprint density at radius 2 is 1.35 bits per heavy atom. The van der Waals surface area contributed by atoms with Crippen molar-refractivity contribution in [2.24, 2.45) is 0 Å². The van der Waals surface area contributed by atoms with Crippen LogP contribution in [0.2, 0.25) is 0 Å². The summed E-state index contributed by atoms with van der Waals surface area (Å²) >= 11 is 0. The fraction of sp³-hybridized carbons (Fsp3) is 0.250. The zero-order chi connectivity index (χ0) is 16.8. The smallest absolute Gasteiger partial charge is 0.162 e. The van der Waals surface area contributed by atoms with E-state index in [0.29, 0.717) is 24.0 Å². The first kappa shape index (κ1) is 16.6. The Balaban J connectivity index is 2.43. The number of nitrogens with zero attached hydrogens (tertiary/aromatic N) is 1. The molecule has 0 saturated heterocycles. The van der Waals surface area contributed by atoms with Gasteiger partial charge in [0.2, 0.25) is 0 Å². The third-order valence-corrected chi connectivity index (χ3v) is 3.86. The monoisotopic (exact) mass is 305 g/mol. The van der Waals surface area contributed by atoms with Crippen molar-refractivity contribution in [3.8, 4) is 6.07 Å². The van der Waals surface area contributed by atoms with Crippen molar-refractivity contribution in [1.82, 2.24) is 0 Å². The Bertz CT molecular complexity index is 712. The Labute approximate surface area is 136 Å². The average Bonchev–Trinajstić information content (AvgIpc) is 2.61. The van der Waals surface area contributed by atoms with E-state index in [1.165, 1.54) is 0 Å². The Morgan fingerprint density at radius 3 is 1.70 bits per heavy atom. The highest BCUT2D eigenvalue weighted by atomic mass is 16.1. The van der Waals surface area contributed by atoms with Gasteiger partial charge in [-0.3, -0.25) is 9.59 Å². The predicted molar refractivity (Wildman–Crippen MR) is 89.6 cm³/mol. The van der Waals surface area contributed by atoms with Crippen molar-refractivity contribution >= 4 is 11.6 Å². The summed E-state index contributed by atoms with van der Waals surface area (Å²) in [5.74, 6) is -0.388. The van der Waals surface area contributed by atoms with E-state index in [2.05, 4.69) is 6.07 Å². The minimum atomic E-state index is -0.496. The summed E-state index contributed by atoms with van der Waals surface area (Å²) < 4.78 is 0. The fourth-order valence-electron chi connectivity index (χ4n) is 2.53. The highest BCUT2D eigenvalue weighted by Gasteiger charge is 2.16. The number of ketones is 2. The van der Waals surface area contributed by atoms with E-state index >= 15 is 0 Å². The minimum absolute atomic E-state index is 0.0541. The van der Waals surface area contributed by atoms with Crippen LogP contribution in [0.5, 0.6) is 0 Å². The maximum atomic E-state index is 11.9. The molecule has 0 heterocycles. The molecule has 3 nitrogen and oxygen atoms in total. The van der Waals surface area contributed by atoms with Gasteiger partial charge in [-0.1, -0.05) is 50.2 Å². The zero-order valence-corrected chi connectivity index (χ0v) is 13.4. The van der Waals surface area contributed by atoms with Crippen LogP contribution in [0, 0.1) is 11.3 Å². The van der Waals surface area contributed by atoms with E-state index in [0.717, 1.165) is 11.1 Å². The van der Waals surface area contributed by atoms with E-state index in [4.69, 9.17) is 0 Å². The summed E-state index contributed by atoms with van der Waals surface area (Å²) in [6, 6.07) is 16.6. The first-order valence-corrected chi connectivity index (χ1v) is 7.76. The number of carbonyl (C=O) groups is 2. The molecule has 0 bridgehead atoms. The van der Waals surface area contributed by atoms with Crippen LogP contribution in [0.25, 0.3) is 0 Å². The Morgan fingerprint density at radius 1 is 0.913 bits per heavy atom. The molecule has 116 valence electrons. The first-order chi connectivity index (χ1) is 11.1. The molecule has 0 amide bonds. The molecule has 23 heavy (non-hydrogen) atoms. The third kappa shape index (κ3) is 3.73. The first-order valence-electron chi connectivity index (χ1n) is 7.76. The Hall–Kier alpha value is -2.73. The van der Waals surface area contributed by atoms with Crippen molar-refractivity contribution < 1.29 is 9.59 Å².